The molecule has 0 atom stereocenters. The molecule has 1 aliphatic heterocycles. The summed E-state index contributed by atoms with van der Waals surface area (Å²) < 4.78 is 19.2. The Bertz CT molecular complexity index is 671. The summed E-state index contributed by atoms with van der Waals surface area (Å²) in [6, 6.07) is 5.23. The van der Waals surface area contributed by atoms with Gasteiger partial charge in [0.15, 0.2) is 11.6 Å². The van der Waals surface area contributed by atoms with E-state index < -0.39 is 0 Å². The molecule has 0 bridgehead atoms. The number of hydrogen-bond acceptors (Lipinski definition) is 4. The molecule has 124 valence electrons. The molecule has 2 aromatic rings. The van der Waals surface area contributed by atoms with Gasteiger partial charge in [-0.15, -0.1) is 0 Å². The number of benzene rings is 1. The fourth-order valence-electron chi connectivity index (χ4n) is 3.31. The van der Waals surface area contributed by atoms with Gasteiger partial charge in [0.1, 0.15) is 0 Å². The summed E-state index contributed by atoms with van der Waals surface area (Å²) in [4.78, 5) is 6.73. The predicted molar refractivity (Wildman–Crippen MR) is 96.2 cm³/mol. The Morgan fingerprint density at radius 2 is 2.13 bits per heavy atom. The van der Waals surface area contributed by atoms with Crippen molar-refractivity contribution in [2.24, 2.45) is 5.92 Å². The van der Waals surface area contributed by atoms with Gasteiger partial charge >= 0.3 is 0 Å². The summed E-state index contributed by atoms with van der Waals surface area (Å²) in [5, 5.41) is 0.869. The molecule has 0 saturated carbocycles. The summed E-state index contributed by atoms with van der Waals surface area (Å²) in [5.74, 6) is 1.99. The molecule has 0 unspecified atom stereocenters. The molecule has 1 aromatic carbocycles. The summed E-state index contributed by atoms with van der Waals surface area (Å²) in [5.41, 5.74) is 1.87. The molecule has 1 saturated heterocycles. The van der Waals surface area contributed by atoms with Crippen LogP contribution in [0.1, 0.15) is 19.3 Å². The first-order valence-corrected chi connectivity index (χ1v) is 9.48. The van der Waals surface area contributed by atoms with E-state index in [1.807, 2.05) is 17.8 Å². The van der Waals surface area contributed by atoms with E-state index in [1.165, 1.54) is 32.1 Å². The van der Waals surface area contributed by atoms with E-state index in [9.17, 15) is 4.39 Å². The Hall–Kier alpha value is -1.49. The second-order valence-electron chi connectivity index (χ2n) is 6.05. The monoisotopic (exact) mass is 334 g/mol. The summed E-state index contributed by atoms with van der Waals surface area (Å²) in [7, 11) is 1.48. The van der Waals surface area contributed by atoms with Gasteiger partial charge in [-0.2, -0.15) is 11.8 Å². The minimum atomic E-state index is -0.330. The molecule has 0 amide bonds. The van der Waals surface area contributed by atoms with Crippen molar-refractivity contribution in [3.8, 4) is 5.75 Å². The number of halogens is 1. The van der Waals surface area contributed by atoms with Crippen LogP contribution in [-0.2, 0) is 0 Å². The van der Waals surface area contributed by atoms with E-state index >= 15 is 0 Å². The van der Waals surface area contributed by atoms with E-state index in [4.69, 9.17) is 4.74 Å². The number of pyridine rings is 1. The van der Waals surface area contributed by atoms with Gasteiger partial charge in [-0.25, -0.2) is 4.39 Å². The fraction of sp³-hybridized carbons (Fsp3) is 0.500. The summed E-state index contributed by atoms with van der Waals surface area (Å²) in [6.45, 7) is 2.07. The highest BCUT2D eigenvalue weighted by atomic mass is 32.2. The number of nitrogens with zero attached hydrogens (tertiary/aromatic N) is 2. The molecule has 0 radical (unpaired) electrons. The largest absolute Gasteiger partial charge is 0.494 e. The Kier molecular flexibility index (Phi) is 5.26. The zero-order valence-electron chi connectivity index (χ0n) is 13.7. The van der Waals surface area contributed by atoms with Gasteiger partial charge in [0, 0.05) is 36.4 Å². The standard InChI is InChI=1S/C18H23FN2OS/c1-22-18-12-16-14(11-15(18)19)17(3-7-20-16)21-8-4-13(5-9-21)6-10-23-2/h3,7,11-13H,4-6,8-10H2,1-2H3. The van der Waals surface area contributed by atoms with E-state index in [-0.39, 0.29) is 11.6 Å². The SMILES string of the molecule is COc1cc2nccc(N3CCC(CCSC)CC3)c2cc1F. The maximum absolute atomic E-state index is 14.1. The van der Waals surface area contributed by atoms with Crippen molar-refractivity contribution in [2.75, 3.05) is 37.1 Å². The highest BCUT2D eigenvalue weighted by Gasteiger charge is 2.21. The lowest BCUT2D eigenvalue weighted by atomic mass is 9.94. The Morgan fingerprint density at radius 3 is 2.83 bits per heavy atom. The van der Waals surface area contributed by atoms with E-state index in [0.29, 0.717) is 0 Å². The first-order chi connectivity index (χ1) is 11.2. The molecule has 0 aliphatic carbocycles. The van der Waals surface area contributed by atoms with Crippen LogP contribution in [0, 0.1) is 11.7 Å². The van der Waals surface area contributed by atoms with Crippen LogP contribution in [0.5, 0.6) is 5.75 Å². The van der Waals surface area contributed by atoms with Crippen LogP contribution in [0.25, 0.3) is 10.9 Å². The quantitative estimate of drug-likeness (QED) is 0.811. The number of thioether (sulfide) groups is 1. The average Bonchev–Trinajstić information content (AvgIpc) is 2.59. The van der Waals surface area contributed by atoms with Gasteiger partial charge in [-0.3, -0.25) is 4.98 Å². The minimum absolute atomic E-state index is 0.248. The van der Waals surface area contributed by atoms with Gasteiger partial charge in [0.05, 0.1) is 12.6 Å². The highest BCUT2D eigenvalue weighted by Crippen LogP contribution is 2.33. The van der Waals surface area contributed by atoms with E-state index in [2.05, 4.69) is 16.1 Å². The minimum Gasteiger partial charge on any atom is -0.494 e. The Morgan fingerprint density at radius 1 is 1.35 bits per heavy atom. The Labute approximate surface area is 141 Å². The van der Waals surface area contributed by atoms with Crippen molar-refractivity contribution in [3.63, 3.8) is 0 Å². The van der Waals surface area contributed by atoms with E-state index in [0.717, 1.165) is 35.6 Å². The van der Waals surface area contributed by atoms with Crippen LogP contribution in [0.15, 0.2) is 24.4 Å². The van der Waals surface area contributed by atoms with Crippen LogP contribution in [0.3, 0.4) is 0 Å². The number of ether oxygens (including phenoxy) is 1. The third-order valence-electron chi connectivity index (χ3n) is 4.68. The summed E-state index contributed by atoms with van der Waals surface area (Å²) >= 11 is 1.92. The third-order valence-corrected chi connectivity index (χ3v) is 5.32. The fourth-order valence-corrected chi connectivity index (χ4v) is 3.88. The second kappa shape index (κ2) is 7.39. The smallest absolute Gasteiger partial charge is 0.165 e. The molecule has 5 heteroatoms. The van der Waals surface area contributed by atoms with Crippen molar-refractivity contribution in [1.82, 2.24) is 4.98 Å². The van der Waals surface area contributed by atoms with Crippen LogP contribution in [0.2, 0.25) is 0 Å². The molecule has 3 nitrogen and oxygen atoms in total. The lowest BCUT2D eigenvalue weighted by molar-refractivity contribution is 0.387. The zero-order chi connectivity index (χ0) is 16.2. The number of methoxy groups -OCH3 is 1. The zero-order valence-corrected chi connectivity index (χ0v) is 14.5. The van der Waals surface area contributed by atoms with Gasteiger partial charge < -0.3 is 9.64 Å². The van der Waals surface area contributed by atoms with Crippen LogP contribution < -0.4 is 9.64 Å². The van der Waals surface area contributed by atoms with Crippen molar-refractivity contribution in [3.05, 3.63) is 30.2 Å². The van der Waals surface area contributed by atoms with Crippen LogP contribution in [-0.4, -0.2) is 37.2 Å². The molecule has 0 spiro atoms. The van der Waals surface area contributed by atoms with Crippen molar-refractivity contribution in [2.45, 2.75) is 19.3 Å². The lowest BCUT2D eigenvalue weighted by Gasteiger charge is -2.34. The molecular weight excluding hydrogens is 311 g/mol. The normalized spacial score (nSPS) is 16.0. The maximum Gasteiger partial charge on any atom is 0.165 e. The van der Waals surface area contributed by atoms with Gasteiger partial charge in [-0.05, 0) is 49.3 Å². The maximum atomic E-state index is 14.1. The number of rotatable bonds is 5. The molecule has 2 heterocycles. The molecule has 3 rings (SSSR count). The molecule has 0 N–H and O–H groups in total. The van der Waals surface area contributed by atoms with E-state index in [1.54, 1.807) is 18.3 Å². The van der Waals surface area contributed by atoms with Gasteiger partial charge in [0.2, 0.25) is 0 Å². The number of anilines is 1. The Balaban J connectivity index is 1.82. The molecule has 1 aliphatic rings. The number of piperidine rings is 1. The number of fused-ring (bicyclic) bond motifs is 1. The van der Waals surface area contributed by atoms with Gasteiger partial charge in [0.25, 0.3) is 0 Å². The lowest BCUT2D eigenvalue weighted by Crippen LogP contribution is -2.34. The molecule has 1 fully saturated rings. The highest BCUT2D eigenvalue weighted by molar-refractivity contribution is 7.98. The number of hydrogen-bond donors (Lipinski definition) is 0. The first-order valence-electron chi connectivity index (χ1n) is 8.09. The molecule has 1 aromatic heterocycles. The predicted octanol–water partition coefficient (Wildman–Crippen LogP) is 4.35. The number of aromatic nitrogens is 1. The average molecular weight is 334 g/mol. The molecule has 23 heavy (non-hydrogen) atoms. The second-order valence-corrected chi connectivity index (χ2v) is 7.03. The first kappa shape index (κ1) is 16.4. The van der Waals surface area contributed by atoms with Crippen molar-refractivity contribution in [1.29, 1.82) is 0 Å². The van der Waals surface area contributed by atoms with Crippen molar-refractivity contribution >= 4 is 28.4 Å². The van der Waals surface area contributed by atoms with Crippen molar-refractivity contribution < 1.29 is 9.13 Å². The van der Waals surface area contributed by atoms with Crippen LogP contribution in [0.4, 0.5) is 10.1 Å². The third kappa shape index (κ3) is 3.55. The summed E-state index contributed by atoms with van der Waals surface area (Å²) in [6.07, 6.45) is 7.69. The van der Waals surface area contributed by atoms with Gasteiger partial charge in [-0.1, -0.05) is 0 Å². The topological polar surface area (TPSA) is 25.4 Å². The van der Waals surface area contributed by atoms with Crippen LogP contribution >= 0.6 is 11.8 Å². The molecular formula is C18H23FN2OS.